The number of nitrogens with zero attached hydrogens (tertiary/aromatic N) is 1. The van der Waals surface area contributed by atoms with E-state index >= 15 is 0 Å². The Bertz CT molecular complexity index is 367. The van der Waals surface area contributed by atoms with Gasteiger partial charge in [-0.15, -0.1) is 0 Å². The van der Waals surface area contributed by atoms with Gasteiger partial charge in [-0.2, -0.15) is 0 Å². The van der Waals surface area contributed by atoms with Gasteiger partial charge in [-0.05, 0) is 39.4 Å². The van der Waals surface area contributed by atoms with Crippen LogP contribution in [0.3, 0.4) is 0 Å². The van der Waals surface area contributed by atoms with Crippen molar-refractivity contribution in [3.8, 4) is 0 Å². The Balaban J connectivity index is 2.00. The lowest BCUT2D eigenvalue weighted by Gasteiger charge is -2.26. The number of hydrogen-bond acceptors (Lipinski definition) is 3. The van der Waals surface area contributed by atoms with Gasteiger partial charge in [0.15, 0.2) is 0 Å². The van der Waals surface area contributed by atoms with Crippen LogP contribution in [-0.2, 0) is 13.1 Å². The van der Waals surface area contributed by atoms with Crippen LogP contribution < -0.4 is 5.32 Å². The summed E-state index contributed by atoms with van der Waals surface area (Å²) >= 11 is 0. The Kier molecular flexibility index (Phi) is 4.84. The summed E-state index contributed by atoms with van der Waals surface area (Å²) in [5.41, 5.74) is 1.29. The molecule has 1 aliphatic rings. The molecule has 1 N–H and O–H groups in total. The van der Waals surface area contributed by atoms with E-state index in [9.17, 15) is 0 Å². The van der Waals surface area contributed by atoms with Crippen LogP contribution in [0.5, 0.6) is 0 Å². The molecule has 0 spiro atoms. The van der Waals surface area contributed by atoms with Gasteiger partial charge in [0.1, 0.15) is 11.5 Å². The molecule has 0 bridgehead atoms. The van der Waals surface area contributed by atoms with Crippen molar-refractivity contribution in [2.45, 2.75) is 58.7 Å². The molecular weight excluding hydrogens is 224 g/mol. The average molecular weight is 250 g/mol. The van der Waals surface area contributed by atoms with Crippen LogP contribution in [0.2, 0.25) is 0 Å². The highest BCUT2D eigenvalue weighted by molar-refractivity contribution is 5.20. The number of furan rings is 1. The first-order valence-corrected chi connectivity index (χ1v) is 7.21. The second-order valence-electron chi connectivity index (χ2n) is 5.33. The zero-order valence-corrected chi connectivity index (χ0v) is 12.0. The molecule has 1 aromatic heterocycles. The molecule has 1 aromatic rings. The van der Waals surface area contributed by atoms with Crippen molar-refractivity contribution in [1.82, 2.24) is 10.2 Å². The average Bonchev–Trinajstić information content (AvgIpc) is 2.98. The first kappa shape index (κ1) is 13.6. The van der Waals surface area contributed by atoms with Crippen LogP contribution in [0.4, 0.5) is 0 Å². The monoisotopic (exact) mass is 250 g/mol. The molecule has 0 amide bonds. The second kappa shape index (κ2) is 6.39. The highest BCUT2D eigenvalue weighted by Gasteiger charge is 2.22. The highest BCUT2D eigenvalue weighted by atomic mass is 16.3. The molecule has 0 aliphatic heterocycles. The number of rotatable bonds is 6. The molecule has 0 atom stereocenters. The van der Waals surface area contributed by atoms with Crippen molar-refractivity contribution in [2.75, 3.05) is 13.6 Å². The molecule has 18 heavy (non-hydrogen) atoms. The van der Waals surface area contributed by atoms with Crippen molar-refractivity contribution >= 4 is 0 Å². The van der Waals surface area contributed by atoms with Crippen molar-refractivity contribution in [1.29, 1.82) is 0 Å². The maximum Gasteiger partial charge on any atom is 0.118 e. The van der Waals surface area contributed by atoms with Crippen LogP contribution in [0.1, 0.15) is 49.7 Å². The third kappa shape index (κ3) is 3.15. The van der Waals surface area contributed by atoms with E-state index in [0.717, 1.165) is 37.2 Å². The Morgan fingerprint density at radius 2 is 2.11 bits per heavy atom. The lowest BCUT2D eigenvalue weighted by molar-refractivity contribution is 0.184. The smallest absolute Gasteiger partial charge is 0.118 e. The third-order valence-electron chi connectivity index (χ3n) is 4.05. The first-order chi connectivity index (χ1) is 8.74. The lowest BCUT2D eigenvalue weighted by atomic mass is 10.2. The van der Waals surface area contributed by atoms with E-state index in [2.05, 4.69) is 30.1 Å². The zero-order chi connectivity index (χ0) is 13.0. The fraction of sp³-hybridized carbons (Fsp3) is 0.733. The molecule has 1 fully saturated rings. The van der Waals surface area contributed by atoms with Crippen molar-refractivity contribution in [3.05, 3.63) is 23.2 Å². The molecule has 2 rings (SSSR count). The molecule has 1 saturated carbocycles. The van der Waals surface area contributed by atoms with Crippen LogP contribution in [-0.4, -0.2) is 24.5 Å². The van der Waals surface area contributed by atoms with Crippen molar-refractivity contribution in [2.24, 2.45) is 0 Å². The molecule has 1 heterocycles. The summed E-state index contributed by atoms with van der Waals surface area (Å²) < 4.78 is 5.88. The van der Waals surface area contributed by atoms with Gasteiger partial charge in [0.2, 0.25) is 0 Å². The molecule has 0 unspecified atom stereocenters. The summed E-state index contributed by atoms with van der Waals surface area (Å²) in [7, 11) is 1.98. The number of nitrogens with one attached hydrogen (secondary N) is 1. The molecule has 0 aromatic carbocycles. The fourth-order valence-electron chi connectivity index (χ4n) is 3.00. The largest absolute Gasteiger partial charge is 0.465 e. The van der Waals surface area contributed by atoms with Gasteiger partial charge in [0.05, 0.1) is 6.54 Å². The Morgan fingerprint density at radius 1 is 1.39 bits per heavy atom. The van der Waals surface area contributed by atoms with E-state index in [4.69, 9.17) is 4.42 Å². The zero-order valence-electron chi connectivity index (χ0n) is 12.0. The lowest BCUT2D eigenvalue weighted by Crippen LogP contribution is -2.32. The van der Waals surface area contributed by atoms with Gasteiger partial charge in [0, 0.05) is 18.2 Å². The fourth-order valence-corrected chi connectivity index (χ4v) is 3.00. The summed E-state index contributed by atoms with van der Waals surface area (Å²) in [5, 5.41) is 3.19. The maximum atomic E-state index is 5.88. The normalized spacial score (nSPS) is 16.9. The third-order valence-corrected chi connectivity index (χ3v) is 4.05. The topological polar surface area (TPSA) is 28.4 Å². The molecule has 1 aliphatic carbocycles. The molecule has 102 valence electrons. The second-order valence-corrected chi connectivity index (χ2v) is 5.33. The van der Waals surface area contributed by atoms with Gasteiger partial charge in [0.25, 0.3) is 0 Å². The first-order valence-electron chi connectivity index (χ1n) is 7.21. The van der Waals surface area contributed by atoms with Crippen LogP contribution in [0.25, 0.3) is 0 Å². The predicted molar refractivity (Wildman–Crippen MR) is 74.5 cm³/mol. The summed E-state index contributed by atoms with van der Waals surface area (Å²) in [6, 6.07) is 2.98. The summed E-state index contributed by atoms with van der Waals surface area (Å²) in [6.45, 7) is 7.28. The van der Waals surface area contributed by atoms with E-state index in [0.29, 0.717) is 0 Å². The Labute approximate surface area is 111 Å². The van der Waals surface area contributed by atoms with E-state index < -0.39 is 0 Å². The maximum absolute atomic E-state index is 5.88. The minimum Gasteiger partial charge on any atom is -0.465 e. The van der Waals surface area contributed by atoms with E-state index in [1.54, 1.807) is 0 Å². The van der Waals surface area contributed by atoms with E-state index in [1.165, 1.54) is 31.2 Å². The van der Waals surface area contributed by atoms with Crippen LogP contribution in [0, 0.1) is 6.92 Å². The minimum atomic E-state index is 0.771. The SMILES string of the molecule is CCN(Cc1cc(CNC)c(C)o1)C1CCCC1. The minimum absolute atomic E-state index is 0.771. The molecule has 0 saturated heterocycles. The standard InChI is InChI=1S/C15H26N2O/c1-4-17(14-7-5-6-8-14)11-15-9-13(10-16-3)12(2)18-15/h9,14,16H,4-8,10-11H2,1-3H3. The van der Waals surface area contributed by atoms with E-state index in [-0.39, 0.29) is 0 Å². The highest BCUT2D eigenvalue weighted by Crippen LogP contribution is 2.25. The summed E-state index contributed by atoms with van der Waals surface area (Å²) in [6.07, 6.45) is 5.50. The summed E-state index contributed by atoms with van der Waals surface area (Å²) in [5.74, 6) is 2.17. The van der Waals surface area contributed by atoms with E-state index in [1.807, 2.05) is 7.05 Å². The predicted octanol–water partition coefficient (Wildman–Crippen LogP) is 3.07. The van der Waals surface area contributed by atoms with Crippen molar-refractivity contribution < 1.29 is 4.42 Å². The molecular formula is C15H26N2O. The van der Waals surface area contributed by atoms with Gasteiger partial charge in [-0.1, -0.05) is 19.8 Å². The van der Waals surface area contributed by atoms with Crippen LogP contribution in [0.15, 0.2) is 10.5 Å². The Morgan fingerprint density at radius 3 is 2.72 bits per heavy atom. The molecule has 0 radical (unpaired) electrons. The van der Waals surface area contributed by atoms with Gasteiger partial charge >= 0.3 is 0 Å². The summed E-state index contributed by atoms with van der Waals surface area (Å²) in [4.78, 5) is 2.56. The van der Waals surface area contributed by atoms with Crippen LogP contribution >= 0.6 is 0 Å². The van der Waals surface area contributed by atoms with Gasteiger partial charge < -0.3 is 9.73 Å². The van der Waals surface area contributed by atoms with Crippen molar-refractivity contribution in [3.63, 3.8) is 0 Å². The number of aryl methyl sites for hydroxylation is 1. The Hall–Kier alpha value is -0.800. The van der Waals surface area contributed by atoms with Gasteiger partial charge in [-0.3, -0.25) is 4.90 Å². The molecule has 3 nitrogen and oxygen atoms in total. The molecule has 3 heteroatoms. The quantitative estimate of drug-likeness (QED) is 0.841. The van der Waals surface area contributed by atoms with Gasteiger partial charge in [-0.25, -0.2) is 0 Å². The number of hydrogen-bond donors (Lipinski definition) is 1.